The number of nitro benzene ring substituents is 1. The third-order valence-electron chi connectivity index (χ3n) is 3.46. The quantitative estimate of drug-likeness (QED) is 0.193. The predicted molar refractivity (Wildman–Crippen MR) is 96.1 cm³/mol. The molecule has 0 spiro atoms. The first-order valence-electron chi connectivity index (χ1n) is 8.03. The minimum Gasteiger partial charge on any atom is -0.494 e. The van der Waals surface area contributed by atoms with Gasteiger partial charge in [-0.15, -0.1) is 0 Å². The molecule has 2 aromatic rings. The Balaban J connectivity index is 1.95. The van der Waals surface area contributed by atoms with Gasteiger partial charge in [0.25, 0.3) is 5.69 Å². The number of benzene rings is 2. The fourth-order valence-electron chi connectivity index (χ4n) is 1.97. The summed E-state index contributed by atoms with van der Waals surface area (Å²) in [5, 5.41) is 14.2. The van der Waals surface area contributed by atoms with Crippen molar-refractivity contribution in [3.63, 3.8) is 0 Å². The number of hydrogen-bond acceptors (Lipinski definition) is 6. The van der Waals surface area contributed by atoms with Crippen LogP contribution in [0.3, 0.4) is 0 Å². The molecule has 0 saturated carbocycles. The normalized spacial score (nSPS) is 11.0. The van der Waals surface area contributed by atoms with Crippen molar-refractivity contribution in [3.8, 4) is 5.75 Å². The Kier molecular flexibility index (Phi) is 6.67. The van der Waals surface area contributed by atoms with E-state index < -0.39 is 10.9 Å². The average Bonchev–Trinajstić information content (AvgIpc) is 2.66. The zero-order valence-electron chi connectivity index (χ0n) is 14.3. The Bertz CT molecular complexity index is 785. The van der Waals surface area contributed by atoms with Crippen LogP contribution in [0.1, 0.15) is 35.7 Å². The lowest BCUT2D eigenvalue weighted by molar-refractivity contribution is -0.384. The van der Waals surface area contributed by atoms with Crippen molar-refractivity contribution >= 4 is 17.5 Å². The number of rotatable bonds is 8. The van der Waals surface area contributed by atoms with E-state index in [1.807, 2.05) is 0 Å². The Morgan fingerprint density at radius 2 is 1.73 bits per heavy atom. The molecule has 0 bridgehead atoms. The molecule has 0 atom stereocenters. The molecule has 2 N–H and O–H groups in total. The van der Waals surface area contributed by atoms with E-state index in [2.05, 4.69) is 12.1 Å². The number of nitro groups is 1. The van der Waals surface area contributed by atoms with Crippen LogP contribution in [0.4, 0.5) is 5.69 Å². The van der Waals surface area contributed by atoms with Crippen LogP contribution in [0.2, 0.25) is 0 Å². The number of carbonyl (C=O) groups excluding carboxylic acids is 1. The van der Waals surface area contributed by atoms with Gasteiger partial charge in [-0.3, -0.25) is 10.1 Å². The first kappa shape index (κ1) is 18.9. The van der Waals surface area contributed by atoms with E-state index in [0.29, 0.717) is 23.5 Å². The summed E-state index contributed by atoms with van der Waals surface area (Å²) < 4.78 is 5.52. The molecule has 0 saturated heterocycles. The minimum absolute atomic E-state index is 0.0623. The fourth-order valence-corrected chi connectivity index (χ4v) is 1.97. The van der Waals surface area contributed by atoms with Crippen LogP contribution in [0.15, 0.2) is 53.7 Å². The molecule has 0 radical (unpaired) electrons. The van der Waals surface area contributed by atoms with E-state index >= 15 is 0 Å². The molecule has 0 fully saturated rings. The zero-order valence-corrected chi connectivity index (χ0v) is 14.3. The Hall–Kier alpha value is -3.42. The van der Waals surface area contributed by atoms with Crippen LogP contribution in [0.5, 0.6) is 5.75 Å². The van der Waals surface area contributed by atoms with Crippen LogP contribution in [0.25, 0.3) is 0 Å². The van der Waals surface area contributed by atoms with Crippen molar-refractivity contribution < 1.29 is 19.3 Å². The van der Waals surface area contributed by atoms with Gasteiger partial charge < -0.3 is 15.3 Å². The largest absolute Gasteiger partial charge is 0.494 e. The monoisotopic (exact) mass is 357 g/mol. The van der Waals surface area contributed by atoms with E-state index in [-0.39, 0.29) is 11.5 Å². The molecule has 0 heterocycles. The predicted octanol–water partition coefficient (Wildman–Crippen LogP) is 3.25. The van der Waals surface area contributed by atoms with Crippen molar-refractivity contribution in [3.05, 3.63) is 69.8 Å². The second-order valence-electron chi connectivity index (χ2n) is 5.39. The van der Waals surface area contributed by atoms with Gasteiger partial charge in [0, 0.05) is 17.7 Å². The van der Waals surface area contributed by atoms with Crippen LogP contribution < -0.4 is 10.5 Å². The lowest BCUT2D eigenvalue weighted by Gasteiger charge is -2.05. The topological polar surface area (TPSA) is 117 Å². The molecular formula is C18H19N3O5. The van der Waals surface area contributed by atoms with Gasteiger partial charge in [-0.05, 0) is 42.8 Å². The number of unbranched alkanes of at least 4 members (excludes halogenated alkanes) is 1. The van der Waals surface area contributed by atoms with Gasteiger partial charge in [0.05, 0.1) is 17.1 Å². The number of nitrogens with zero attached hydrogens (tertiary/aromatic N) is 2. The van der Waals surface area contributed by atoms with E-state index in [1.54, 1.807) is 24.3 Å². The van der Waals surface area contributed by atoms with Crippen molar-refractivity contribution in [2.75, 3.05) is 6.61 Å². The average molecular weight is 357 g/mol. The standard InChI is InChI=1S/C18H19N3O5/c1-2-3-12-25-16-10-6-14(7-11-16)18(22)26-20-17(19)13-4-8-15(9-5-13)21(23)24/h4-11H,2-3,12H2,1H3,(H2,19,20). The summed E-state index contributed by atoms with van der Waals surface area (Å²) in [6, 6.07) is 11.9. The molecule has 8 heteroatoms. The van der Waals surface area contributed by atoms with E-state index in [9.17, 15) is 14.9 Å². The number of oxime groups is 1. The van der Waals surface area contributed by atoms with Crippen molar-refractivity contribution in [2.45, 2.75) is 19.8 Å². The maximum absolute atomic E-state index is 12.0. The highest BCUT2D eigenvalue weighted by Gasteiger charge is 2.10. The molecule has 2 aromatic carbocycles. The molecule has 0 aliphatic heterocycles. The molecule has 2 rings (SSSR count). The zero-order chi connectivity index (χ0) is 18.9. The Morgan fingerprint density at radius 1 is 1.12 bits per heavy atom. The first-order valence-corrected chi connectivity index (χ1v) is 8.03. The smallest absolute Gasteiger partial charge is 0.365 e. The van der Waals surface area contributed by atoms with Crippen molar-refractivity contribution in [1.29, 1.82) is 0 Å². The second kappa shape index (κ2) is 9.16. The molecule has 8 nitrogen and oxygen atoms in total. The van der Waals surface area contributed by atoms with Gasteiger partial charge >= 0.3 is 5.97 Å². The molecule has 0 amide bonds. The third-order valence-corrected chi connectivity index (χ3v) is 3.46. The van der Waals surface area contributed by atoms with Gasteiger partial charge in [0.1, 0.15) is 5.75 Å². The lowest BCUT2D eigenvalue weighted by Crippen LogP contribution is -2.15. The van der Waals surface area contributed by atoms with E-state index in [1.165, 1.54) is 24.3 Å². The van der Waals surface area contributed by atoms with Gasteiger partial charge in [0.15, 0.2) is 5.84 Å². The minimum atomic E-state index is -0.671. The van der Waals surface area contributed by atoms with E-state index in [4.69, 9.17) is 15.3 Å². The fraction of sp³-hybridized carbons (Fsp3) is 0.222. The van der Waals surface area contributed by atoms with Gasteiger partial charge in [-0.25, -0.2) is 4.79 Å². The summed E-state index contributed by atoms with van der Waals surface area (Å²) in [6.07, 6.45) is 2.00. The molecule has 136 valence electrons. The summed E-state index contributed by atoms with van der Waals surface area (Å²) in [4.78, 5) is 26.9. The summed E-state index contributed by atoms with van der Waals surface area (Å²) in [6.45, 7) is 2.70. The molecule has 0 unspecified atom stereocenters. The summed E-state index contributed by atoms with van der Waals surface area (Å²) in [5.41, 5.74) is 6.36. The molecule has 0 aliphatic carbocycles. The highest BCUT2D eigenvalue weighted by Crippen LogP contribution is 2.14. The number of nitrogens with two attached hydrogens (primary N) is 1. The number of amidine groups is 1. The van der Waals surface area contributed by atoms with Crippen LogP contribution in [0, 0.1) is 10.1 Å². The summed E-state index contributed by atoms with van der Waals surface area (Å²) >= 11 is 0. The maximum Gasteiger partial charge on any atom is 0.365 e. The second-order valence-corrected chi connectivity index (χ2v) is 5.39. The first-order chi connectivity index (χ1) is 12.5. The Morgan fingerprint density at radius 3 is 2.31 bits per heavy atom. The summed E-state index contributed by atoms with van der Waals surface area (Å²) in [5.74, 6) is -0.0633. The van der Waals surface area contributed by atoms with Gasteiger partial charge in [-0.2, -0.15) is 0 Å². The highest BCUT2D eigenvalue weighted by molar-refractivity contribution is 5.98. The SMILES string of the molecule is CCCCOc1ccc(C(=O)ON=C(N)c2ccc([N+](=O)[O-])cc2)cc1. The van der Waals surface area contributed by atoms with Gasteiger partial charge in [0.2, 0.25) is 0 Å². The summed E-state index contributed by atoms with van der Waals surface area (Å²) in [7, 11) is 0. The number of non-ortho nitro benzene ring substituents is 1. The number of ether oxygens (including phenoxy) is 1. The number of carbonyl (C=O) groups is 1. The van der Waals surface area contributed by atoms with Crippen LogP contribution in [-0.2, 0) is 4.84 Å². The Labute approximate surface area is 150 Å². The van der Waals surface area contributed by atoms with Crippen molar-refractivity contribution in [1.82, 2.24) is 0 Å². The van der Waals surface area contributed by atoms with Crippen LogP contribution in [-0.4, -0.2) is 23.3 Å². The van der Waals surface area contributed by atoms with Crippen molar-refractivity contribution in [2.24, 2.45) is 10.9 Å². The maximum atomic E-state index is 12.0. The molecule has 0 aromatic heterocycles. The highest BCUT2D eigenvalue weighted by atomic mass is 16.7. The molecule has 0 aliphatic rings. The molecular weight excluding hydrogens is 338 g/mol. The third kappa shape index (κ3) is 5.30. The van der Waals surface area contributed by atoms with Crippen LogP contribution >= 0.6 is 0 Å². The number of hydrogen-bond donors (Lipinski definition) is 1. The molecule has 26 heavy (non-hydrogen) atoms. The van der Waals surface area contributed by atoms with Gasteiger partial charge in [-0.1, -0.05) is 18.5 Å². The lowest BCUT2D eigenvalue weighted by atomic mass is 10.2. The van der Waals surface area contributed by atoms with E-state index in [0.717, 1.165) is 12.8 Å².